The Morgan fingerprint density at radius 1 is 1.09 bits per heavy atom. The molecule has 22 heavy (non-hydrogen) atoms. The lowest BCUT2D eigenvalue weighted by atomic mass is 9.62. The zero-order chi connectivity index (χ0) is 15.6. The largest absolute Gasteiger partial charge is 0.371 e. The maximum Gasteiger partial charge on any atom is 0.134 e. The van der Waals surface area contributed by atoms with Crippen LogP contribution in [-0.4, -0.2) is 28.8 Å². The average molecular weight is 297 g/mol. The quantitative estimate of drug-likeness (QED) is 0.806. The van der Waals surface area contributed by atoms with Crippen LogP contribution in [0.5, 0.6) is 0 Å². The van der Waals surface area contributed by atoms with Gasteiger partial charge in [0.05, 0.1) is 5.52 Å². The van der Waals surface area contributed by atoms with Crippen molar-refractivity contribution in [2.24, 2.45) is 5.41 Å². The number of hydrogen-bond donors (Lipinski definition) is 0. The van der Waals surface area contributed by atoms with E-state index < -0.39 is 0 Å². The molecule has 1 saturated carbocycles. The Morgan fingerprint density at radius 3 is 2.50 bits per heavy atom. The van der Waals surface area contributed by atoms with Crippen molar-refractivity contribution in [3.8, 4) is 0 Å². The standard InChI is InChI=1S/C16H17N3O.C2H6/c20-12-9-16(10-12)3-7-19(8-4-16)15-2-6-18-14-1-5-17-11-13(14)15;1-2/h1-2,5-6,11H,3-4,7-10H2;1-2H3. The van der Waals surface area contributed by atoms with Crippen LogP contribution in [0.25, 0.3) is 10.9 Å². The van der Waals surface area contributed by atoms with Crippen molar-refractivity contribution < 1.29 is 4.79 Å². The Kier molecular flexibility index (Phi) is 4.10. The molecular formula is C18H23N3O. The number of Topliss-reactive ketones (excluding diaryl/α,β-unsaturated/α-hetero) is 1. The minimum absolute atomic E-state index is 0.328. The van der Waals surface area contributed by atoms with Crippen molar-refractivity contribution in [1.29, 1.82) is 0 Å². The number of nitrogens with zero attached hydrogens (tertiary/aromatic N) is 3. The fourth-order valence-corrected chi connectivity index (χ4v) is 3.61. The van der Waals surface area contributed by atoms with E-state index in [2.05, 4.69) is 20.9 Å². The van der Waals surface area contributed by atoms with Gasteiger partial charge in [0.15, 0.2) is 0 Å². The number of carbonyl (C=O) groups excluding carboxylic acids is 1. The fraction of sp³-hybridized carbons (Fsp3) is 0.500. The van der Waals surface area contributed by atoms with Crippen LogP contribution in [0.15, 0.2) is 30.7 Å². The molecule has 1 saturated heterocycles. The predicted octanol–water partition coefficient (Wildman–Crippen LogP) is 3.61. The van der Waals surface area contributed by atoms with E-state index >= 15 is 0 Å². The molecule has 2 aromatic heterocycles. The first kappa shape index (κ1) is 14.9. The Balaban J connectivity index is 0.000000693. The highest BCUT2D eigenvalue weighted by atomic mass is 16.1. The van der Waals surface area contributed by atoms with Gasteiger partial charge in [-0.3, -0.25) is 14.8 Å². The Hall–Kier alpha value is -1.97. The zero-order valence-electron chi connectivity index (χ0n) is 13.4. The average Bonchev–Trinajstić information content (AvgIpc) is 2.56. The molecule has 0 N–H and O–H groups in total. The highest BCUT2D eigenvalue weighted by molar-refractivity contribution is 5.91. The maximum atomic E-state index is 11.3. The molecule has 0 amide bonds. The molecule has 0 radical (unpaired) electrons. The van der Waals surface area contributed by atoms with Crippen LogP contribution in [0.2, 0.25) is 0 Å². The van der Waals surface area contributed by atoms with Gasteiger partial charge in [-0.15, -0.1) is 0 Å². The van der Waals surface area contributed by atoms with Crippen molar-refractivity contribution in [1.82, 2.24) is 9.97 Å². The van der Waals surface area contributed by atoms with E-state index in [9.17, 15) is 4.79 Å². The fourth-order valence-electron chi connectivity index (χ4n) is 3.61. The molecule has 2 aromatic rings. The molecule has 0 aromatic carbocycles. The van der Waals surface area contributed by atoms with Crippen molar-refractivity contribution in [2.45, 2.75) is 39.5 Å². The Labute approximate surface area is 131 Å². The van der Waals surface area contributed by atoms with Crippen LogP contribution < -0.4 is 4.90 Å². The third-order valence-electron chi connectivity index (χ3n) is 4.83. The summed E-state index contributed by atoms with van der Waals surface area (Å²) in [7, 11) is 0. The van der Waals surface area contributed by atoms with Gasteiger partial charge in [-0.1, -0.05) is 13.8 Å². The van der Waals surface area contributed by atoms with E-state index in [1.807, 2.05) is 32.3 Å². The van der Waals surface area contributed by atoms with Crippen molar-refractivity contribution >= 4 is 22.4 Å². The lowest BCUT2D eigenvalue weighted by Crippen LogP contribution is -2.47. The second kappa shape index (κ2) is 6.03. The van der Waals surface area contributed by atoms with Gasteiger partial charge in [-0.2, -0.15) is 0 Å². The van der Waals surface area contributed by atoms with Gasteiger partial charge in [0.1, 0.15) is 5.78 Å². The SMILES string of the molecule is CC.O=C1CC2(CCN(c3ccnc4ccncc34)CC2)C1. The summed E-state index contributed by atoms with van der Waals surface area (Å²) in [5.41, 5.74) is 2.55. The molecule has 1 aliphatic carbocycles. The molecule has 0 bridgehead atoms. The second-order valence-corrected chi connectivity index (χ2v) is 6.10. The Bertz CT molecular complexity index is 660. The second-order valence-electron chi connectivity index (χ2n) is 6.10. The number of piperidine rings is 1. The van der Waals surface area contributed by atoms with Crippen LogP contribution in [0.4, 0.5) is 5.69 Å². The van der Waals surface area contributed by atoms with E-state index in [4.69, 9.17) is 0 Å². The number of rotatable bonds is 1. The van der Waals surface area contributed by atoms with Crippen molar-refractivity contribution in [3.63, 3.8) is 0 Å². The van der Waals surface area contributed by atoms with Gasteiger partial charge in [-0.25, -0.2) is 0 Å². The molecule has 1 spiro atoms. The Morgan fingerprint density at radius 2 is 1.82 bits per heavy atom. The van der Waals surface area contributed by atoms with Gasteiger partial charge < -0.3 is 4.90 Å². The topological polar surface area (TPSA) is 46.1 Å². The van der Waals surface area contributed by atoms with E-state index in [-0.39, 0.29) is 0 Å². The third kappa shape index (κ3) is 2.58. The first-order valence-electron chi connectivity index (χ1n) is 8.21. The van der Waals surface area contributed by atoms with E-state index in [0.717, 1.165) is 49.7 Å². The molecular weight excluding hydrogens is 274 g/mol. The minimum Gasteiger partial charge on any atom is -0.371 e. The molecule has 0 unspecified atom stereocenters. The lowest BCUT2D eigenvalue weighted by Gasteiger charge is -2.47. The van der Waals surface area contributed by atoms with Crippen LogP contribution in [0, 0.1) is 5.41 Å². The first-order chi connectivity index (χ1) is 10.8. The summed E-state index contributed by atoms with van der Waals surface area (Å²) in [5.74, 6) is 0.442. The summed E-state index contributed by atoms with van der Waals surface area (Å²) in [6.07, 6.45) is 9.42. The smallest absolute Gasteiger partial charge is 0.134 e. The maximum absolute atomic E-state index is 11.3. The molecule has 1 aliphatic heterocycles. The summed E-state index contributed by atoms with van der Waals surface area (Å²) in [6.45, 7) is 6.06. The van der Waals surface area contributed by atoms with Gasteiger partial charge in [0, 0.05) is 55.6 Å². The molecule has 116 valence electrons. The van der Waals surface area contributed by atoms with E-state index in [0.29, 0.717) is 11.2 Å². The number of aromatic nitrogens is 2. The highest BCUT2D eigenvalue weighted by Crippen LogP contribution is 2.47. The molecule has 3 heterocycles. The predicted molar refractivity (Wildman–Crippen MR) is 89.0 cm³/mol. The number of hydrogen-bond acceptors (Lipinski definition) is 4. The van der Waals surface area contributed by atoms with Gasteiger partial charge in [0.2, 0.25) is 0 Å². The van der Waals surface area contributed by atoms with Crippen LogP contribution in [-0.2, 0) is 4.79 Å². The van der Waals surface area contributed by atoms with Crippen LogP contribution in [0.1, 0.15) is 39.5 Å². The van der Waals surface area contributed by atoms with Crippen LogP contribution in [0.3, 0.4) is 0 Å². The summed E-state index contributed by atoms with van der Waals surface area (Å²) in [5, 5.41) is 1.12. The lowest BCUT2D eigenvalue weighted by molar-refractivity contribution is -0.133. The van der Waals surface area contributed by atoms with E-state index in [1.54, 1.807) is 6.20 Å². The number of carbonyl (C=O) groups is 1. The number of fused-ring (bicyclic) bond motifs is 1. The highest BCUT2D eigenvalue weighted by Gasteiger charge is 2.45. The molecule has 2 aliphatic rings. The summed E-state index contributed by atoms with van der Waals surface area (Å²) in [4.78, 5) is 22.3. The van der Waals surface area contributed by atoms with Crippen LogP contribution >= 0.6 is 0 Å². The third-order valence-corrected chi connectivity index (χ3v) is 4.83. The molecule has 2 fully saturated rings. The van der Waals surface area contributed by atoms with E-state index in [1.165, 1.54) is 5.69 Å². The summed E-state index contributed by atoms with van der Waals surface area (Å²) < 4.78 is 0. The normalized spacial score (nSPS) is 19.5. The van der Waals surface area contributed by atoms with Gasteiger partial charge in [0.25, 0.3) is 0 Å². The first-order valence-corrected chi connectivity index (χ1v) is 8.21. The molecule has 4 rings (SSSR count). The summed E-state index contributed by atoms with van der Waals surface area (Å²) >= 11 is 0. The monoisotopic (exact) mass is 297 g/mol. The number of pyridine rings is 2. The molecule has 0 atom stereocenters. The summed E-state index contributed by atoms with van der Waals surface area (Å²) in [6, 6.07) is 4.03. The van der Waals surface area contributed by atoms with Gasteiger partial charge in [-0.05, 0) is 30.4 Å². The molecule has 4 heteroatoms. The zero-order valence-corrected chi connectivity index (χ0v) is 13.4. The minimum atomic E-state index is 0.328. The van der Waals surface area contributed by atoms with Crippen molar-refractivity contribution in [2.75, 3.05) is 18.0 Å². The number of ketones is 1. The molecule has 4 nitrogen and oxygen atoms in total. The number of anilines is 1. The van der Waals surface area contributed by atoms with Gasteiger partial charge >= 0.3 is 0 Å². The van der Waals surface area contributed by atoms with Crippen molar-refractivity contribution in [3.05, 3.63) is 30.7 Å².